The molecule has 0 atom stereocenters. The van der Waals surface area contributed by atoms with Gasteiger partial charge >= 0.3 is 5.97 Å². The third-order valence-corrected chi connectivity index (χ3v) is 3.11. The Morgan fingerprint density at radius 2 is 1.82 bits per heavy atom. The maximum atomic E-state index is 11.9. The number of fused-ring (bicyclic) bond motifs is 1. The largest absolute Gasteiger partial charge is 0.464 e. The van der Waals surface area contributed by atoms with Gasteiger partial charge in [0.1, 0.15) is 0 Å². The van der Waals surface area contributed by atoms with Gasteiger partial charge in [-0.05, 0) is 24.3 Å². The molecule has 0 aliphatic rings. The Morgan fingerprint density at radius 1 is 1.09 bits per heavy atom. The average molecular weight is 294 g/mol. The molecule has 22 heavy (non-hydrogen) atoms. The molecule has 0 fully saturated rings. The molecule has 1 aromatic carbocycles. The second-order valence-electron chi connectivity index (χ2n) is 4.58. The van der Waals surface area contributed by atoms with Crippen LogP contribution in [-0.2, 0) is 11.3 Å². The maximum absolute atomic E-state index is 11.9. The Kier molecular flexibility index (Phi) is 3.91. The zero-order chi connectivity index (χ0) is 15.4. The minimum Gasteiger partial charge on any atom is -0.464 e. The van der Waals surface area contributed by atoms with E-state index in [0.29, 0.717) is 23.4 Å². The number of pyridine rings is 1. The Hall–Kier alpha value is -3.02. The van der Waals surface area contributed by atoms with Crippen LogP contribution in [0.1, 0.15) is 16.2 Å². The second kappa shape index (κ2) is 6.17. The first-order valence-electron chi connectivity index (χ1n) is 6.77. The second-order valence-corrected chi connectivity index (χ2v) is 4.58. The molecule has 6 heteroatoms. The molecule has 2 aromatic heterocycles. The van der Waals surface area contributed by atoms with Gasteiger partial charge in [0.15, 0.2) is 11.5 Å². The fraction of sp³-hybridized carbons (Fsp3) is 0.125. The zero-order valence-electron chi connectivity index (χ0n) is 12.0. The third-order valence-electron chi connectivity index (χ3n) is 3.11. The van der Waals surface area contributed by atoms with Gasteiger partial charge in [0.25, 0.3) is 0 Å². The number of benzene rings is 1. The number of esters is 1. The van der Waals surface area contributed by atoms with Crippen LogP contribution in [0.2, 0.25) is 0 Å². The molecule has 0 radical (unpaired) electrons. The number of ether oxygens (including phenoxy) is 1. The number of methoxy groups -OCH3 is 1. The van der Waals surface area contributed by atoms with Crippen molar-refractivity contribution >= 4 is 22.8 Å². The molecule has 2 heterocycles. The molecule has 0 aliphatic heterocycles. The Balaban J connectivity index is 1.97. The summed E-state index contributed by atoms with van der Waals surface area (Å²) >= 11 is 0. The molecule has 3 rings (SSSR count). The topological polar surface area (TPSA) is 77.0 Å². The number of carbonyl (C=O) groups excluding carboxylic acids is 1. The quantitative estimate of drug-likeness (QED) is 0.745. The van der Waals surface area contributed by atoms with Crippen molar-refractivity contribution in [1.29, 1.82) is 0 Å². The van der Waals surface area contributed by atoms with Gasteiger partial charge in [0.2, 0.25) is 0 Å². The standard InChI is InChI=1S/C16H14N4O2/c1-22-16(21)14-15(18-10-11-6-4-5-9-17-11)20-13-8-3-2-7-12(13)19-14/h2-9H,10H2,1H3,(H,18,20). The first-order chi connectivity index (χ1) is 10.8. The lowest BCUT2D eigenvalue weighted by Gasteiger charge is -2.10. The first kappa shape index (κ1) is 13.9. The van der Waals surface area contributed by atoms with Crippen LogP contribution in [0.25, 0.3) is 11.0 Å². The van der Waals surface area contributed by atoms with Gasteiger partial charge in [-0.1, -0.05) is 18.2 Å². The van der Waals surface area contributed by atoms with E-state index in [-0.39, 0.29) is 5.69 Å². The number of hydrogen-bond acceptors (Lipinski definition) is 6. The van der Waals surface area contributed by atoms with E-state index in [9.17, 15) is 4.79 Å². The molecule has 0 unspecified atom stereocenters. The monoisotopic (exact) mass is 294 g/mol. The van der Waals surface area contributed by atoms with Crippen molar-refractivity contribution in [3.63, 3.8) is 0 Å². The summed E-state index contributed by atoms with van der Waals surface area (Å²) in [4.78, 5) is 24.9. The highest BCUT2D eigenvalue weighted by Gasteiger charge is 2.16. The van der Waals surface area contributed by atoms with Crippen LogP contribution in [0.5, 0.6) is 0 Å². The molecule has 1 N–H and O–H groups in total. The highest BCUT2D eigenvalue weighted by Crippen LogP contribution is 2.18. The summed E-state index contributed by atoms with van der Waals surface area (Å²) in [6.45, 7) is 0.442. The predicted molar refractivity (Wildman–Crippen MR) is 82.4 cm³/mol. The third kappa shape index (κ3) is 2.85. The fourth-order valence-electron chi connectivity index (χ4n) is 2.04. The first-order valence-corrected chi connectivity index (χ1v) is 6.77. The average Bonchev–Trinajstić information content (AvgIpc) is 2.59. The molecule has 110 valence electrons. The molecule has 0 aliphatic carbocycles. The summed E-state index contributed by atoms with van der Waals surface area (Å²) in [6.07, 6.45) is 1.71. The molecule has 0 amide bonds. The van der Waals surface area contributed by atoms with E-state index in [1.54, 1.807) is 12.3 Å². The van der Waals surface area contributed by atoms with Gasteiger partial charge in [-0.15, -0.1) is 0 Å². The number of hydrogen-bond donors (Lipinski definition) is 1. The van der Waals surface area contributed by atoms with Gasteiger partial charge in [-0.25, -0.2) is 14.8 Å². The molecular formula is C16H14N4O2. The minimum absolute atomic E-state index is 0.164. The van der Waals surface area contributed by atoms with Gasteiger partial charge in [0.05, 0.1) is 30.4 Å². The van der Waals surface area contributed by atoms with Gasteiger partial charge < -0.3 is 10.1 Å². The van der Waals surface area contributed by atoms with E-state index in [4.69, 9.17) is 4.74 Å². The number of para-hydroxylation sites is 2. The van der Waals surface area contributed by atoms with Crippen molar-refractivity contribution in [2.24, 2.45) is 0 Å². The summed E-state index contributed by atoms with van der Waals surface area (Å²) < 4.78 is 4.78. The van der Waals surface area contributed by atoms with E-state index in [1.165, 1.54) is 7.11 Å². The summed E-state index contributed by atoms with van der Waals surface area (Å²) in [6, 6.07) is 13.0. The van der Waals surface area contributed by atoms with Crippen molar-refractivity contribution < 1.29 is 9.53 Å². The highest BCUT2D eigenvalue weighted by molar-refractivity contribution is 5.95. The summed E-state index contributed by atoms with van der Waals surface area (Å²) in [5, 5.41) is 3.10. The van der Waals surface area contributed by atoms with E-state index in [0.717, 1.165) is 5.69 Å². The zero-order valence-corrected chi connectivity index (χ0v) is 12.0. The van der Waals surface area contributed by atoms with Crippen molar-refractivity contribution in [1.82, 2.24) is 15.0 Å². The van der Waals surface area contributed by atoms with Gasteiger partial charge in [-0.3, -0.25) is 4.98 Å². The number of carbonyl (C=O) groups is 1. The van der Waals surface area contributed by atoms with E-state index >= 15 is 0 Å². The predicted octanol–water partition coefficient (Wildman–Crippen LogP) is 2.42. The van der Waals surface area contributed by atoms with Crippen molar-refractivity contribution in [3.05, 3.63) is 60.0 Å². The molecule has 0 spiro atoms. The maximum Gasteiger partial charge on any atom is 0.360 e. The SMILES string of the molecule is COC(=O)c1nc2ccccc2nc1NCc1ccccn1. The molecule has 3 aromatic rings. The van der Waals surface area contributed by atoms with Gasteiger partial charge in [-0.2, -0.15) is 0 Å². The van der Waals surface area contributed by atoms with Crippen molar-refractivity contribution in [2.45, 2.75) is 6.54 Å². The summed E-state index contributed by atoms with van der Waals surface area (Å²) in [5.74, 6) is -0.141. The molecule has 0 saturated heterocycles. The molecule has 0 bridgehead atoms. The highest BCUT2D eigenvalue weighted by atomic mass is 16.5. The number of nitrogens with one attached hydrogen (secondary N) is 1. The summed E-state index contributed by atoms with van der Waals surface area (Å²) in [7, 11) is 1.32. The van der Waals surface area contributed by atoms with E-state index in [2.05, 4.69) is 20.3 Å². The normalized spacial score (nSPS) is 10.4. The van der Waals surface area contributed by atoms with Gasteiger partial charge in [0, 0.05) is 6.20 Å². The lowest BCUT2D eigenvalue weighted by atomic mass is 10.2. The van der Waals surface area contributed by atoms with Crippen LogP contribution < -0.4 is 5.32 Å². The molecule has 6 nitrogen and oxygen atoms in total. The van der Waals surface area contributed by atoms with Crippen LogP contribution >= 0.6 is 0 Å². The smallest absolute Gasteiger partial charge is 0.360 e. The van der Waals surface area contributed by atoms with E-state index in [1.807, 2.05) is 36.4 Å². The Bertz CT molecular complexity index is 806. The molecular weight excluding hydrogens is 280 g/mol. The van der Waals surface area contributed by atoms with E-state index < -0.39 is 5.97 Å². The van der Waals surface area contributed by atoms with Crippen LogP contribution in [0.15, 0.2) is 48.7 Å². The van der Waals surface area contributed by atoms with Crippen LogP contribution in [0.3, 0.4) is 0 Å². The number of anilines is 1. The number of rotatable bonds is 4. The van der Waals surface area contributed by atoms with Crippen molar-refractivity contribution in [3.8, 4) is 0 Å². The number of aromatic nitrogens is 3. The summed E-state index contributed by atoms with van der Waals surface area (Å²) in [5.41, 5.74) is 2.36. The van der Waals surface area contributed by atoms with Crippen LogP contribution in [0.4, 0.5) is 5.82 Å². The van der Waals surface area contributed by atoms with Crippen LogP contribution in [0, 0.1) is 0 Å². The number of nitrogens with zero attached hydrogens (tertiary/aromatic N) is 3. The lowest BCUT2D eigenvalue weighted by Crippen LogP contribution is -2.13. The lowest BCUT2D eigenvalue weighted by molar-refractivity contribution is 0.0595. The minimum atomic E-state index is -0.526. The Labute approximate surface area is 127 Å². The van der Waals surface area contributed by atoms with Crippen molar-refractivity contribution in [2.75, 3.05) is 12.4 Å². The molecule has 0 saturated carbocycles. The van der Waals surface area contributed by atoms with Crippen LogP contribution in [-0.4, -0.2) is 28.0 Å². The fourth-order valence-corrected chi connectivity index (χ4v) is 2.04. The Morgan fingerprint density at radius 3 is 2.50 bits per heavy atom.